The van der Waals surface area contributed by atoms with E-state index in [9.17, 15) is 4.79 Å². The van der Waals surface area contributed by atoms with E-state index in [1.54, 1.807) is 0 Å². The van der Waals surface area contributed by atoms with Crippen LogP contribution < -0.4 is 0 Å². The first-order valence-corrected chi connectivity index (χ1v) is 6.50. The second kappa shape index (κ2) is 3.95. The molecule has 0 aliphatic rings. The number of Topliss-reactive ketones (excluding diaryl/α,β-unsaturated/α-hetero) is 1. The first-order chi connectivity index (χ1) is 8.59. The Morgan fingerprint density at radius 3 is 2.67 bits per heavy atom. The van der Waals surface area contributed by atoms with E-state index in [1.165, 1.54) is 6.92 Å². The molecule has 0 saturated heterocycles. The van der Waals surface area contributed by atoms with Gasteiger partial charge < -0.3 is 4.42 Å². The predicted octanol–water partition coefficient (Wildman–Crippen LogP) is 4.86. The third kappa shape index (κ3) is 1.51. The Bertz CT molecular complexity index is 784. The van der Waals surface area contributed by atoms with Crippen LogP contribution in [0.3, 0.4) is 0 Å². The van der Waals surface area contributed by atoms with Gasteiger partial charge in [-0.25, -0.2) is 0 Å². The normalized spacial score (nSPS) is 11.3. The van der Waals surface area contributed by atoms with E-state index >= 15 is 0 Å². The summed E-state index contributed by atoms with van der Waals surface area (Å²) >= 11 is 3.57. The minimum absolute atomic E-state index is 0.0420. The Labute approximate surface area is 113 Å². The van der Waals surface area contributed by atoms with Crippen LogP contribution in [0, 0.1) is 6.92 Å². The Kier molecular flexibility index (Phi) is 2.52. The van der Waals surface area contributed by atoms with Gasteiger partial charge in [-0.1, -0.05) is 24.3 Å². The van der Waals surface area contributed by atoms with Crippen LogP contribution in [-0.4, -0.2) is 5.78 Å². The highest BCUT2D eigenvalue weighted by Gasteiger charge is 2.17. The molecule has 0 atom stereocenters. The smallest absolute Gasteiger partial charge is 0.195 e. The lowest BCUT2D eigenvalue weighted by Crippen LogP contribution is -1.90. The van der Waals surface area contributed by atoms with Crippen LogP contribution in [0.4, 0.5) is 0 Å². The molecule has 0 amide bonds. The van der Waals surface area contributed by atoms with Crippen molar-refractivity contribution in [3.8, 4) is 0 Å². The van der Waals surface area contributed by atoms with Crippen molar-refractivity contribution in [3.05, 3.63) is 46.1 Å². The molecule has 2 nitrogen and oxygen atoms in total. The maximum absolute atomic E-state index is 11.5. The van der Waals surface area contributed by atoms with E-state index in [2.05, 4.69) is 28.1 Å². The van der Waals surface area contributed by atoms with Gasteiger partial charge in [-0.3, -0.25) is 4.79 Å². The quantitative estimate of drug-likeness (QED) is 0.601. The van der Waals surface area contributed by atoms with E-state index in [4.69, 9.17) is 4.42 Å². The molecule has 0 radical (unpaired) electrons. The van der Waals surface area contributed by atoms with Gasteiger partial charge in [0, 0.05) is 17.9 Å². The van der Waals surface area contributed by atoms with Crippen molar-refractivity contribution in [2.24, 2.45) is 0 Å². The van der Waals surface area contributed by atoms with Gasteiger partial charge in [0.1, 0.15) is 5.58 Å². The van der Waals surface area contributed by atoms with Crippen LogP contribution in [0.5, 0.6) is 0 Å². The van der Waals surface area contributed by atoms with Gasteiger partial charge in [0.25, 0.3) is 0 Å². The summed E-state index contributed by atoms with van der Waals surface area (Å²) < 4.78 is 6.61. The number of aryl methyl sites for hydroxylation is 1. The fraction of sp³-hybridized carbons (Fsp3) is 0.133. The first kappa shape index (κ1) is 11.5. The maximum Gasteiger partial charge on any atom is 0.195 e. The zero-order valence-electron chi connectivity index (χ0n) is 10.1. The number of carbonyl (C=O) groups excluding carboxylic acids is 1. The number of fused-ring (bicyclic) bond motifs is 2. The summed E-state index contributed by atoms with van der Waals surface area (Å²) in [4.78, 5) is 11.5. The molecule has 3 rings (SSSR count). The highest BCUT2D eigenvalue weighted by molar-refractivity contribution is 9.10. The van der Waals surface area contributed by atoms with Crippen LogP contribution in [0.25, 0.3) is 21.7 Å². The molecule has 0 saturated carbocycles. The topological polar surface area (TPSA) is 30.2 Å². The summed E-state index contributed by atoms with van der Waals surface area (Å²) in [5.74, 6) is 0.403. The fourth-order valence-corrected chi connectivity index (χ4v) is 2.96. The van der Waals surface area contributed by atoms with E-state index in [0.717, 1.165) is 31.8 Å². The number of ketones is 1. The molecule has 0 N–H and O–H groups in total. The van der Waals surface area contributed by atoms with Gasteiger partial charge in [-0.05, 0) is 39.7 Å². The van der Waals surface area contributed by atoms with Crippen molar-refractivity contribution in [2.75, 3.05) is 0 Å². The van der Waals surface area contributed by atoms with Crippen LogP contribution in [0.1, 0.15) is 23.0 Å². The molecule has 1 aromatic heterocycles. The summed E-state index contributed by atoms with van der Waals surface area (Å²) in [5, 5.41) is 3.22. The lowest BCUT2D eigenvalue weighted by atomic mass is 10.1. The number of hydrogen-bond donors (Lipinski definition) is 0. The maximum atomic E-state index is 11.5. The van der Waals surface area contributed by atoms with Crippen molar-refractivity contribution in [3.63, 3.8) is 0 Å². The zero-order chi connectivity index (χ0) is 12.9. The summed E-state index contributed by atoms with van der Waals surface area (Å²) in [5.41, 5.74) is 1.65. The van der Waals surface area contributed by atoms with E-state index < -0.39 is 0 Å². The minimum atomic E-state index is -0.0420. The molecule has 0 bridgehead atoms. The predicted molar refractivity (Wildman–Crippen MR) is 76.2 cm³/mol. The van der Waals surface area contributed by atoms with Gasteiger partial charge in [-0.15, -0.1) is 0 Å². The standard InChI is InChI=1S/C15H11BrO2/c1-8-12-7-10-5-3-4-6-11(10)13(16)15(12)18-14(8)9(2)17/h3-7H,1-2H3. The van der Waals surface area contributed by atoms with E-state index in [-0.39, 0.29) is 5.78 Å². The third-order valence-corrected chi connectivity index (χ3v) is 4.00. The lowest BCUT2D eigenvalue weighted by molar-refractivity contribution is 0.0988. The van der Waals surface area contributed by atoms with Gasteiger partial charge in [0.15, 0.2) is 11.5 Å². The minimum Gasteiger partial charge on any atom is -0.451 e. The van der Waals surface area contributed by atoms with Crippen LogP contribution >= 0.6 is 15.9 Å². The molecule has 0 fully saturated rings. The van der Waals surface area contributed by atoms with E-state index in [1.807, 2.05) is 25.1 Å². The average molecular weight is 303 g/mol. The van der Waals surface area contributed by atoms with Crippen molar-refractivity contribution >= 4 is 43.5 Å². The van der Waals surface area contributed by atoms with Gasteiger partial charge in [0.05, 0.1) is 4.47 Å². The summed E-state index contributed by atoms with van der Waals surface area (Å²) in [6.45, 7) is 3.45. The molecule has 0 spiro atoms. The summed E-state index contributed by atoms with van der Waals surface area (Å²) in [6, 6.07) is 10.1. The van der Waals surface area contributed by atoms with Gasteiger partial charge in [-0.2, -0.15) is 0 Å². The highest BCUT2D eigenvalue weighted by Crippen LogP contribution is 2.37. The highest BCUT2D eigenvalue weighted by atomic mass is 79.9. The summed E-state index contributed by atoms with van der Waals surface area (Å²) in [6.07, 6.45) is 0. The first-order valence-electron chi connectivity index (χ1n) is 5.71. The molecule has 0 aliphatic carbocycles. The Morgan fingerprint density at radius 1 is 1.22 bits per heavy atom. The molecule has 2 aromatic carbocycles. The second-order valence-electron chi connectivity index (χ2n) is 4.40. The van der Waals surface area contributed by atoms with Crippen LogP contribution in [-0.2, 0) is 0 Å². The number of carbonyl (C=O) groups is 1. The van der Waals surface area contributed by atoms with Gasteiger partial charge >= 0.3 is 0 Å². The van der Waals surface area contributed by atoms with Crippen molar-refractivity contribution < 1.29 is 9.21 Å². The number of hydrogen-bond acceptors (Lipinski definition) is 2. The number of rotatable bonds is 1. The van der Waals surface area contributed by atoms with Gasteiger partial charge in [0.2, 0.25) is 0 Å². The van der Waals surface area contributed by atoms with Crippen molar-refractivity contribution in [1.82, 2.24) is 0 Å². The SMILES string of the molecule is CC(=O)c1oc2c(Br)c3ccccc3cc2c1C. The summed E-state index contributed by atoms with van der Waals surface area (Å²) in [7, 11) is 0. The third-order valence-electron chi connectivity index (χ3n) is 3.21. The van der Waals surface area contributed by atoms with Crippen molar-refractivity contribution in [2.45, 2.75) is 13.8 Å². The molecule has 1 heterocycles. The lowest BCUT2D eigenvalue weighted by Gasteiger charge is -2.01. The molecule has 3 heteroatoms. The number of furan rings is 1. The molecule has 90 valence electrons. The fourth-order valence-electron chi connectivity index (χ4n) is 2.30. The number of halogens is 1. The Morgan fingerprint density at radius 2 is 1.94 bits per heavy atom. The van der Waals surface area contributed by atoms with E-state index in [0.29, 0.717) is 5.76 Å². The molecule has 18 heavy (non-hydrogen) atoms. The largest absolute Gasteiger partial charge is 0.451 e. The molecular formula is C15H11BrO2. The Hall–Kier alpha value is -1.61. The zero-order valence-corrected chi connectivity index (χ0v) is 11.7. The molecular weight excluding hydrogens is 292 g/mol. The molecule has 3 aromatic rings. The monoisotopic (exact) mass is 302 g/mol. The molecule has 0 unspecified atom stereocenters. The average Bonchev–Trinajstić information content (AvgIpc) is 2.68. The Balaban J connectivity index is 2.52. The van der Waals surface area contributed by atoms with Crippen LogP contribution in [0.2, 0.25) is 0 Å². The second-order valence-corrected chi connectivity index (χ2v) is 5.19. The molecule has 0 aliphatic heterocycles. The van der Waals surface area contributed by atoms with Crippen molar-refractivity contribution in [1.29, 1.82) is 0 Å². The van der Waals surface area contributed by atoms with Crippen LogP contribution in [0.15, 0.2) is 39.2 Å². The number of benzene rings is 2.